The summed E-state index contributed by atoms with van der Waals surface area (Å²) in [6.07, 6.45) is 6.45. The third-order valence-corrected chi connectivity index (χ3v) is 4.93. The predicted octanol–water partition coefficient (Wildman–Crippen LogP) is 4.35. The summed E-state index contributed by atoms with van der Waals surface area (Å²) in [6.45, 7) is 0.685. The van der Waals surface area contributed by atoms with Crippen LogP contribution in [0.2, 0.25) is 0 Å². The van der Waals surface area contributed by atoms with E-state index < -0.39 is 0 Å². The van der Waals surface area contributed by atoms with Crippen LogP contribution in [0.5, 0.6) is 5.75 Å². The van der Waals surface area contributed by atoms with Gasteiger partial charge >= 0.3 is 0 Å². The zero-order valence-corrected chi connectivity index (χ0v) is 12.1. The summed E-state index contributed by atoms with van der Waals surface area (Å²) in [5, 5.41) is 0. The lowest BCUT2D eigenvalue weighted by molar-refractivity contribution is 0.0353. The van der Waals surface area contributed by atoms with Gasteiger partial charge < -0.3 is 9.47 Å². The lowest BCUT2D eigenvalue weighted by Gasteiger charge is -2.42. The van der Waals surface area contributed by atoms with Crippen molar-refractivity contribution >= 4 is 0 Å². The van der Waals surface area contributed by atoms with E-state index in [0.717, 1.165) is 5.75 Å². The van der Waals surface area contributed by atoms with Gasteiger partial charge in [0.1, 0.15) is 5.75 Å². The van der Waals surface area contributed by atoms with Crippen LogP contribution in [0.3, 0.4) is 0 Å². The smallest absolute Gasteiger partial charge is 0.130 e. The van der Waals surface area contributed by atoms with Crippen LogP contribution in [-0.2, 0) is 4.74 Å². The summed E-state index contributed by atoms with van der Waals surface area (Å²) in [6, 6.07) is 17.0. The summed E-state index contributed by atoms with van der Waals surface area (Å²) in [5.74, 6) is 1.50. The molecule has 1 aliphatic carbocycles. The molecule has 2 aliphatic heterocycles. The van der Waals surface area contributed by atoms with Crippen molar-refractivity contribution in [3.05, 3.63) is 89.2 Å². The number of benzene rings is 2. The molecule has 22 heavy (non-hydrogen) atoms. The largest absolute Gasteiger partial charge is 0.465 e. The topological polar surface area (TPSA) is 18.5 Å². The minimum absolute atomic E-state index is 0.109. The van der Waals surface area contributed by atoms with Gasteiger partial charge in [0.25, 0.3) is 0 Å². The molecule has 0 radical (unpaired) electrons. The molecule has 3 unspecified atom stereocenters. The van der Waals surface area contributed by atoms with E-state index in [9.17, 15) is 0 Å². The highest BCUT2D eigenvalue weighted by molar-refractivity contribution is 5.57. The van der Waals surface area contributed by atoms with Crippen molar-refractivity contribution in [1.82, 2.24) is 0 Å². The van der Waals surface area contributed by atoms with Crippen LogP contribution in [0.1, 0.15) is 28.7 Å². The normalized spacial score (nSPS) is 27.6. The van der Waals surface area contributed by atoms with E-state index in [1.165, 1.54) is 22.3 Å². The van der Waals surface area contributed by atoms with Crippen LogP contribution in [-0.4, -0.2) is 6.61 Å². The molecule has 0 spiro atoms. The maximum absolute atomic E-state index is 6.06. The van der Waals surface area contributed by atoms with Gasteiger partial charge in [0.15, 0.2) is 0 Å². The maximum Gasteiger partial charge on any atom is 0.130 e. The lowest BCUT2D eigenvalue weighted by Crippen LogP contribution is -2.31. The molecule has 0 fully saturated rings. The average Bonchev–Trinajstić information content (AvgIpc) is 2.61. The Morgan fingerprint density at radius 1 is 0.864 bits per heavy atom. The predicted molar refractivity (Wildman–Crippen MR) is 84.8 cm³/mol. The van der Waals surface area contributed by atoms with Gasteiger partial charge in [-0.2, -0.15) is 0 Å². The Labute approximate surface area is 129 Å². The molecule has 0 bridgehead atoms. The summed E-state index contributed by atoms with van der Waals surface area (Å²) in [5.41, 5.74) is 5.22. The summed E-state index contributed by atoms with van der Waals surface area (Å²) < 4.78 is 12.0. The molecule has 2 aromatic carbocycles. The fourth-order valence-electron chi connectivity index (χ4n) is 3.99. The Morgan fingerprint density at radius 3 is 2.55 bits per heavy atom. The van der Waals surface area contributed by atoms with Crippen LogP contribution in [0, 0.1) is 5.92 Å². The third kappa shape index (κ3) is 1.59. The first-order valence-corrected chi connectivity index (χ1v) is 7.76. The molecular weight excluding hydrogens is 272 g/mol. The first kappa shape index (κ1) is 12.2. The van der Waals surface area contributed by atoms with Gasteiger partial charge in [-0.3, -0.25) is 0 Å². The van der Waals surface area contributed by atoms with Crippen LogP contribution < -0.4 is 4.74 Å². The first-order valence-electron chi connectivity index (χ1n) is 7.76. The molecule has 2 aromatic rings. The van der Waals surface area contributed by atoms with Gasteiger partial charge in [-0.25, -0.2) is 0 Å². The van der Waals surface area contributed by atoms with Gasteiger partial charge in [-0.05, 0) is 22.8 Å². The summed E-state index contributed by atoms with van der Waals surface area (Å²) in [4.78, 5) is 0. The molecule has 0 N–H and O–H groups in total. The van der Waals surface area contributed by atoms with E-state index in [1.54, 1.807) is 0 Å². The molecule has 0 aromatic heterocycles. The highest BCUT2D eigenvalue weighted by Gasteiger charge is 2.42. The van der Waals surface area contributed by atoms with Crippen LogP contribution in [0.4, 0.5) is 0 Å². The second kappa shape index (κ2) is 4.59. The van der Waals surface area contributed by atoms with Crippen molar-refractivity contribution in [3.63, 3.8) is 0 Å². The van der Waals surface area contributed by atoms with Crippen molar-refractivity contribution in [1.29, 1.82) is 0 Å². The molecule has 0 amide bonds. The Hall–Kier alpha value is -2.32. The quantitative estimate of drug-likeness (QED) is 0.671. The number of hydrogen-bond acceptors (Lipinski definition) is 2. The number of hydrogen-bond donors (Lipinski definition) is 0. The van der Waals surface area contributed by atoms with E-state index in [4.69, 9.17) is 9.47 Å². The number of fused-ring (bicyclic) bond motifs is 8. The Morgan fingerprint density at radius 2 is 1.64 bits per heavy atom. The SMILES string of the molecule is C1=CC2C3=COc4ccccc4C3c3ccccc3C2OC1. The standard InChI is InChI=1S/C20H16O2/c1-2-7-14-13(6-1)19-16-8-3-4-10-18(16)22-12-17(19)15-9-5-11-21-20(14)15/h1-10,12,15,19-20H,11H2. The van der Waals surface area contributed by atoms with Crippen molar-refractivity contribution in [3.8, 4) is 5.75 Å². The fourth-order valence-corrected chi connectivity index (χ4v) is 3.99. The monoisotopic (exact) mass is 288 g/mol. The van der Waals surface area contributed by atoms with Crippen LogP contribution in [0.25, 0.3) is 0 Å². The van der Waals surface area contributed by atoms with Crippen molar-refractivity contribution in [2.75, 3.05) is 6.61 Å². The van der Waals surface area contributed by atoms with E-state index in [-0.39, 0.29) is 17.9 Å². The zero-order chi connectivity index (χ0) is 14.5. The molecule has 2 nitrogen and oxygen atoms in total. The minimum atomic E-state index is 0.109. The maximum atomic E-state index is 6.06. The van der Waals surface area contributed by atoms with E-state index in [0.29, 0.717) is 6.61 Å². The van der Waals surface area contributed by atoms with Crippen molar-refractivity contribution in [2.24, 2.45) is 5.92 Å². The molecule has 2 heteroatoms. The Balaban J connectivity index is 1.79. The van der Waals surface area contributed by atoms with Gasteiger partial charge in [0.2, 0.25) is 0 Å². The first-order chi connectivity index (χ1) is 10.9. The van der Waals surface area contributed by atoms with Gasteiger partial charge in [-0.1, -0.05) is 54.6 Å². The Kier molecular flexibility index (Phi) is 2.55. The molecule has 0 saturated carbocycles. The highest BCUT2D eigenvalue weighted by Crippen LogP contribution is 2.53. The second-order valence-corrected chi connectivity index (χ2v) is 6.04. The van der Waals surface area contributed by atoms with Crippen LogP contribution in [0.15, 0.2) is 72.5 Å². The third-order valence-electron chi connectivity index (χ3n) is 4.93. The van der Waals surface area contributed by atoms with E-state index in [2.05, 4.69) is 48.6 Å². The molecule has 5 rings (SSSR count). The zero-order valence-electron chi connectivity index (χ0n) is 12.1. The van der Waals surface area contributed by atoms with E-state index >= 15 is 0 Å². The van der Waals surface area contributed by atoms with Crippen LogP contribution >= 0.6 is 0 Å². The number of ether oxygens (including phenoxy) is 2. The Bertz CT molecular complexity index is 803. The summed E-state index contributed by atoms with van der Waals surface area (Å²) in [7, 11) is 0. The lowest BCUT2D eigenvalue weighted by atomic mass is 9.68. The van der Waals surface area contributed by atoms with Crippen molar-refractivity contribution < 1.29 is 9.47 Å². The second-order valence-electron chi connectivity index (χ2n) is 6.04. The highest BCUT2D eigenvalue weighted by atomic mass is 16.5. The average molecular weight is 288 g/mol. The molecule has 2 heterocycles. The number of para-hydroxylation sites is 1. The molecular formula is C20H16O2. The summed E-state index contributed by atoms with van der Waals surface area (Å²) >= 11 is 0. The van der Waals surface area contributed by atoms with Crippen molar-refractivity contribution in [2.45, 2.75) is 12.0 Å². The minimum Gasteiger partial charge on any atom is -0.465 e. The van der Waals surface area contributed by atoms with Gasteiger partial charge in [0, 0.05) is 17.4 Å². The molecule has 3 aliphatic rings. The molecule has 0 saturated heterocycles. The molecule has 108 valence electrons. The van der Waals surface area contributed by atoms with E-state index in [1.807, 2.05) is 18.4 Å². The molecule has 3 atom stereocenters. The fraction of sp³-hybridized carbons (Fsp3) is 0.200. The number of rotatable bonds is 0. The van der Waals surface area contributed by atoms with Gasteiger partial charge in [-0.15, -0.1) is 0 Å². The van der Waals surface area contributed by atoms with Gasteiger partial charge in [0.05, 0.1) is 19.0 Å².